The Morgan fingerprint density at radius 3 is 2.10 bits per heavy atom. The molecule has 0 saturated carbocycles. The van der Waals surface area contributed by atoms with Gasteiger partial charge in [-0.05, 0) is 40.8 Å². The van der Waals surface area contributed by atoms with E-state index in [1.807, 2.05) is 61.5 Å². The van der Waals surface area contributed by atoms with Gasteiger partial charge in [-0.2, -0.15) is 0 Å². The first-order valence-corrected chi connectivity index (χ1v) is 10.0. The molecule has 0 aromatic heterocycles. The van der Waals surface area contributed by atoms with Gasteiger partial charge in [-0.3, -0.25) is 9.69 Å². The van der Waals surface area contributed by atoms with Crippen LogP contribution in [0.2, 0.25) is 0 Å². The highest BCUT2D eigenvalue weighted by molar-refractivity contribution is 6.07. The summed E-state index contributed by atoms with van der Waals surface area (Å²) >= 11 is 0. The van der Waals surface area contributed by atoms with E-state index in [9.17, 15) is 9.59 Å². The zero-order valence-electron chi connectivity index (χ0n) is 17.1. The Hall–Kier alpha value is -3.60. The van der Waals surface area contributed by atoms with Crippen molar-refractivity contribution in [3.05, 3.63) is 90.0 Å². The van der Waals surface area contributed by atoms with Crippen LogP contribution in [-0.2, 0) is 16.9 Å². The maximum atomic E-state index is 13.3. The number of benzene rings is 3. The number of methoxy groups -OCH3 is 1. The van der Waals surface area contributed by atoms with Crippen LogP contribution in [0.1, 0.15) is 24.5 Å². The molecule has 0 unspecified atom stereocenters. The highest BCUT2D eigenvalue weighted by Crippen LogP contribution is 2.34. The SMILES string of the molecule is CC[C@]1(c2ccc(OC)cc2)NC(=O)N(Cc2ccc(-c3ccccc3)cc2)C1=O. The topological polar surface area (TPSA) is 58.6 Å². The van der Waals surface area contributed by atoms with Gasteiger partial charge in [-0.15, -0.1) is 0 Å². The molecule has 3 amide bonds. The van der Waals surface area contributed by atoms with E-state index in [1.54, 1.807) is 19.2 Å². The minimum Gasteiger partial charge on any atom is -0.497 e. The first-order chi connectivity index (χ1) is 14.6. The van der Waals surface area contributed by atoms with Crippen molar-refractivity contribution in [1.29, 1.82) is 0 Å². The normalized spacial score (nSPS) is 18.4. The van der Waals surface area contributed by atoms with Crippen LogP contribution in [0.3, 0.4) is 0 Å². The molecule has 1 aliphatic heterocycles. The number of ether oxygens (including phenoxy) is 1. The van der Waals surface area contributed by atoms with Gasteiger partial charge in [-0.1, -0.05) is 73.7 Å². The molecule has 0 bridgehead atoms. The third-order valence-corrected chi connectivity index (χ3v) is 5.69. The lowest BCUT2D eigenvalue weighted by Crippen LogP contribution is -2.43. The Bertz CT molecular complexity index is 1050. The van der Waals surface area contributed by atoms with Crippen molar-refractivity contribution in [3.8, 4) is 16.9 Å². The fraction of sp³-hybridized carbons (Fsp3) is 0.200. The molecule has 0 radical (unpaired) electrons. The molecule has 1 fully saturated rings. The molecule has 0 aliphatic carbocycles. The fourth-order valence-corrected chi connectivity index (χ4v) is 3.90. The van der Waals surface area contributed by atoms with Gasteiger partial charge in [0.25, 0.3) is 5.91 Å². The molecule has 4 rings (SSSR count). The Labute approximate surface area is 176 Å². The van der Waals surface area contributed by atoms with Gasteiger partial charge in [0.2, 0.25) is 0 Å². The number of carbonyl (C=O) groups excluding carboxylic acids is 2. The van der Waals surface area contributed by atoms with E-state index in [4.69, 9.17) is 4.74 Å². The van der Waals surface area contributed by atoms with Gasteiger partial charge in [0.05, 0.1) is 13.7 Å². The van der Waals surface area contributed by atoms with Gasteiger partial charge in [0.15, 0.2) is 0 Å². The summed E-state index contributed by atoms with van der Waals surface area (Å²) in [4.78, 5) is 27.3. The molecule has 30 heavy (non-hydrogen) atoms. The first kappa shape index (κ1) is 19.7. The summed E-state index contributed by atoms with van der Waals surface area (Å²) in [6.07, 6.45) is 0.466. The molecule has 1 saturated heterocycles. The molecule has 3 aromatic carbocycles. The third kappa shape index (κ3) is 3.43. The standard InChI is InChI=1S/C25H24N2O3/c1-3-25(21-13-15-22(30-2)16-14-21)23(28)27(24(29)26-25)17-18-9-11-20(12-10-18)19-7-5-4-6-8-19/h4-16H,3,17H2,1-2H3,(H,26,29)/t25-/m1/s1. The highest BCUT2D eigenvalue weighted by Gasteiger charge is 2.51. The van der Waals surface area contributed by atoms with Crippen molar-refractivity contribution in [2.75, 3.05) is 7.11 Å². The van der Waals surface area contributed by atoms with E-state index in [-0.39, 0.29) is 18.5 Å². The summed E-state index contributed by atoms with van der Waals surface area (Å²) in [5, 5.41) is 2.92. The molecular formula is C25H24N2O3. The van der Waals surface area contributed by atoms with Crippen molar-refractivity contribution in [1.82, 2.24) is 10.2 Å². The van der Waals surface area contributed by atoms with Crippen LogP contribution >= 0.6 is 0 Å². The number of imide groups is 1. The third-order valence-electron chi connectivity index (χ3n) is 5.69. The predicted octanol–water partition coefficient (Wildman–Crippen LogP) is 4.72. The smallest absolute Gasteiger partial charge is 0.325 e. The van der Waals surface area contributed by atoms with Crippen molar-refractivity contribution in [3.63, 3.8) is 0 Å². The number of hydrogen-bond acceptors (Lipinski definition) is 3. The lowest BCUT2D eigenvalue weighted by Gasteiger charge is -2.26. The zero-order chi connectivity index (χ0) is 21.1. The van der Waals surface area contributed by atoms with E-state index in [0.717, 1.165) is 22.3 Å². The molecule has 5 nitrogen and oxygen atoms in total. The number of nitrogens with zero attached hydrogens (tertiary/aromatic N) is 1. The quantitative estimate of drug-likeness (QED) is 0.609. The summed E-state index contributed by atoms with van der Waals surface area (Å²) in [6, 6.07) is 24.9. The molecule has 3 aromatic rings. The Kier molecular flexibility index (Phi) is 5.27. The van der Waals surface area contributed by atoms with Gasteiger partial charge >= 0.3 is 6.03 Å². The van der Waals surface area contributed by atoms with Crippen molar-refractivity contribution in [2.24, 2.45) is 0 Å². The van der Waals surface area contributed by atoms with Gasteiger partial charge in [0, 0.05) is 0 Å². The molecule has 0 spiro atoms. The number of amides is 3. The summed E-state index contributed by atoms with van der Waals surface area (Å²) in [5.74, 6) is 0.476. The summed E-state index contributed by atoms with van der Waals surface area (Å²) in [7, 11) is 1.60. The maximum Gasteiger partial charge on any atom is 0.325 e. The second-order valence-electron chi connectivity index (χ2n) is 7.37. The van der Waals surface area contributed by atoms with Crippen LogP contribution in [0.4, 0.5) is 4.79 Å². The lowest BCUT2D eigenvalue weighted by molar-refractivity contribution is -0.132. The van der Waals surface area contributed by atoms with E-state index >= 15 is 0 Å². The van der Waals surface area contributed by atoms with Gasteiger partial charge < -0.3 is 10.1 Å². The van der Waals surface area contributed by atoms with E-state index in [2.05, 4.69) is 17.4 Å². The van der Waals surface area contributed by atoms with Crippen molar-refractivity contribution < 1.29 is 14.3 Å². The minimum absolute atomic E-state index is 0.229. The molecule has 1 N–H and O–H groups in total. The van der Waals surface area contributed by atoms with E-state index in [1.165, 1.54) is 4.90 Å². The zero-order valence-corrected chi connectivity index (χ0v) is 17.1. The maximum absolute atomic E-state index is 13.3. The second-order valence-corrected chi connectivity index (χ2v) is 7.37. The van der Waals surface area contributed by atoms with Crippen LogP contribution in [-0.4, -0.2) is 23.9 Å². The summed E-state index contributed by atoms with van der Waals surface area (Å²) < 4.78 is 5.21. The van der Waals surface area contributed by atoms with E-state index in [0.29, 0.717) is 12.2 Å². The predicted molar refractivity (Wildman–Crippen MR) is 116 cm³/mol. The monoisotopic (exact) mass is 400 g/mol. The molecule has 1 heterocycles. The van der Waals surface area contributed by atoms with Crippen LogP contribution < -0.4 is 10.1 Å². The van der Waals surface area contributed by atoms with Crippen LogP contribution in [0.15, 0.2) is 78.9 Å². The number of hydrogen-bond donors (Lipinski definition) is 1. The van der Waals surface area contributed by atoms with Crippen molar-refractivity contribution in [2.45, 2.75) is 25.4 Å². The van der Waals surface area contributed by atoms with Crippen LogP contribution in [0.25, 0.3) is 11.1 Å². The summed E-state index contributed by atoms with van der Waals surface area (Å²) in [5.41, 5.74) is 2.83. The van der Waals surface area contributed by atoms with Crippen LogP contribution in [0, 0.1) is 0 Å². The number of carbonyl (C=O) groups is 2. The van der Waals surface area contributed by atoms with E-state index < -0.39 is 5.54 Å². The summed E-state index contributed by atoms with van der Waals surface area (Å²) in [6.45, 7) is 2.14. The molecule has 152 valence electrons. The molecule has 1 aliphatic rings. The molecule has 5 heteroatoms. The molecular weight excluding hydrogens is 376 g/mol. The minimum atomic E-state index is -1.05. The largest absolute Gasteiger partial charge is 0.497 e. The van der Waals surface area contributed by atoms with Gasteiger partial charge in [-0.25, -0.2) is 4.79 Å². The number of urea groups is 1. The average Bonchev–Trinajstić information content (AvgIpc) is 3.05. The number of nitrogens with one attached hydrogen (secondary N) is 1. The Balaban J connectivity index is 1.56. The number of rotatable bonds is 6. The Morgan fingerprint density at radius 1 is 0.867 bits per heavy atom. The Morgan fingerprint density at radius 2 is 1.50 bits per heavy atom. The second kappa shape index (κ2) is 8.03. The van der Waals surface area contributed by atoms with Crippen LogP contribution in [0.5, 0.6) is 5.75 Å². The van der Waals surface area contributed by atoms with Crippen molar-refractivity contribution >= 4 is 11.9 Å². The highest BCUT2D eigenvalue weighted by atomic mass is 16.5. The first-order valence-electron chi connectivity index (χ1n) is 10.0. The van der Waals surface area contributed by atoms with Gasteiger partial charge in [0.1, 0.15) is 11.3 Å². The molecule has 1 atom stereocenters. The fourth-order valence-electron chi connectivity index (χ4n) is 3.90. The lowest BCUT2D eigenvalue weighted by atomic mass is 9.87. The average molecular weight is 400 g/mol.